The summed E-state index contributed by atoms with van der Waals surface area (Å²) < 4.78 is 16.1. The molecule has 1 aliphatic rings. The third-order valence-electron chi connectivity index (χ3n) is 4.87. The lowest BCUT2D eigenvalue weighted by molar-refractivity contribution is 0.0117. The first-order chi connectivity index (χ1) is 14.6. The molecule has 1 N–H and O–H groups in total. The highest BCUT2D eigenvalue weighted by atomic mass is 35.5. The Bertz CT molecular complexity index is 966. The topological polar surface area (TPSA) is 93.6 Å². The number of carbonyl (C=O) groups is 1. The first kappa shape index (κ1) is 20.9. The standard InChI is InChI=1S/C20H20Cl2N4O4/c21-14-3-1-4-15(22)13(14)11-18-24-20(30-25-18)19(27)23-12-16(17-5-2-8-29-17)26-6-9-28-10-7-26/h1-5,8,16H,6-7,9-12H2,(H,23,27)/t16-/m0/s1. The van der Waals surface area contributed by atoms with Gasteiger partial charge in [0.1, 0.15) is 5.76 Å². The summed E-state index contributed by atoms with van der Waals surface area (Å²) in [6.45, 7) is 3.13. The molecule has 1 aromatic carbocycles. The maximum Gasteiger partial charge on any atom is 0.315 e. The smallest absolute Gasteiger partial charge is 0.315 e. The lowest BCUT2D eigenvalue weighted by atomic mass is 10.1. The van der Waals surface area contributed by atoms with Gasteiger partial charge in [0.15, 0.2) is 5.82 Å². The summed E-state index contributed by atoms with van der Waals surface area (Å²) in [5.74, 6) is 0.528. The molecule has 1 atom stereocenters. The highest BCUT2D eigenvalue weighted by Gasteiger charge is 2.26. The molecular weight excluding hydrogens is 431 g/mol. The molecule has 30 heavy (non-hydrogen) atoms. The molecule has 10 heteroatoms. The Labute approximate surface area is 183 Å². The van der Waals surface area contributed by atoms with Gasteiger partial charge >= 0.3 is 11.8 Å². The van der Waals surface area contributed by atoms with Crippen LogP contribution in [0.15, 0.2) is 45.5 Å². The van der Waals surface area contributed by atoms with Gasteiger partial charge in [-0.15, -0.1) is 0 Å². The normalized spacial score (nSPS) is 15.8. The summed E-state index contributed by atoms with van der Waals surface area (Å²) >= 11 is 12.4. The third kappa shape index (κ3) is 4.84. The number of hydrogen-bond donors (Lipinski definition) is 1. The maximum absolute atomic E-state index is 12.6. The van der Waals surface area contributed by atoms with E-state index in [4.69, 9.17) is 36.9 Å². The SMILES string of the molecule is O=C(NC[C@@H](c1ccco1)N1CCOCC1)c1nc(Cc2c(Cl)cccc2Cl)no1. The Morgan fingerprint density at radius 2 is 1.93 bits per heavy atom. The van der Waals surface area contributed by atoms with Crippen LogP contribution in [0.5, 0.6) is 0 Å². The number of nitrogens with zero attached hydrogens (tertiary/aromatic N) is 3. The minimum absolute atomic E-state index is 0.114. The van der Waals surface area contributed by atoms with Gasteiger partial charge in [0.25, 0.3) is 0 Å². The maximum atomic E-state index is 12.6. The van der Waals surface area contributed by atoms with Gasteiger partial charge in [0.2, 0.25) is 0 Å². The van der Waals surface area contributed by atoms with Gasteiger partial charge in [0.05, 0.1) is 25.5 Å². The number of nitrogens with one attached hydrogen (secondary N) is 1. The first-order valence-electron chi connectivity index (χ1n) is 9.50. The lowest BCUT2D eigenvalue weighted by Gasteiger charge is -2.33. The van der Waals surface area contributed by atoms with Gasteiger partial charge in [-0.25, -0.2) is 0 Å². The van der Waals surface area contributed by atoms with Crippen LogP contribution < -0.4 is 5.32 Å². The fraction of sp³-hybridized carbons (Fsp3) is 0.350. The summed E-state index contributed by atoms with van der Waals surface area (Å²) in [5.41, 5.74) is 0.679. The molecule has 3 aromatic rings. The second-order valence-electron chi connectivity index (χ2n) is 6.78. The molecular formula is C20H20Cl2N4O4. The molecule has 3 heterocycles. The van der Waals surface area contributed by atoms with Crippen LogP contribution in [0.2, 0.25) is 10.0 Å². The fourth-order valence-electron chi connectivity index (χ4n) is 3.32. The van der Waals surface area contributed by atoms with Crippen molar-refractivity contribution in [3.05, 3.63) is 69.7 Å². The summed E-state index contributed by atoms with van der Waals surface area (Å²) in [7, 11) is 0. The number of amides is 1. The molecule has 8 nitrogen and oxygen atoms in total. The highest BCUT2D eigenvalue weighted by molar-refractivity contribution is 6.36. The average Bonchev–Trinajstić information content (AvgIpc) is 3.44. The minimum atomic E-state index is -0.455. The number of halogens is 2. The zero-order valence-electron chi connectivity index (χ0n) is 16.0. The Morgan fingerprint density at radius 3 is 2.63 bits per heavy atom. The fourth-order valence-corrected chi connectivity index (χ4v) is 3.85. The van der Waals surface area contributed by atoms with E-state index >= 15 is 0 Å². The van der Waals surface area contributed by atoms with E-state index in [1.54, 1.807) is 24.5 Å². The summed E-state index contributed by atoms with van der Waals surface area (Å²) in [6.07, 6.45) is 1.88. The van der Waals surface area contributed by atoms with E-state index in [1.807, 2.05) is 12.1 Å². The molecule has 158 valence electrons. The molecule has 0 saturated carbocycles. The van der Waals surface area contributed by atoms with Crippen LogP contribution in [0.1, 0.15) is 33.9 Å². The number of benzene rings is 1. The lowest BCUT2D eigenvalue weighted by Crippen LogP contribution is -2.43. The highest BCUT2D eigenvalue weighted by Crippen LogP contribution is 2.26. The molecule has 0 spiro atoms. The van der Waals surface area contributed by atoms with E-state index in [9.17, 15) is 4.79 Å². The van der Waals surface area contributed by atoms with Crippen LogP contribution in [0.25, 0.3) is 0 Å². The van der Waals surface area contributed by atoms with Crippen molar-refractivity contribution in [2.75, 3.05) is 32.8 Å². The zero-order valence-corrected chi connectivity index (χ0v) is 17.5. The van der Waals surface area contributed by atoms with E-state index in [-0.39, 0.29) is 18.4 Å². The summed E-state index contributed by atoms with van der Waals surface area (Å²) in [6, 6.07) is 8.83. The van der Waals surface area contributed by atoms with Crippen molar-refractivity contribution in [1.82, 2.24) is 20.4 Å². The molecule has 1 amide bonds. The van der Waals surface area contributed by atoms with Crippen molar-refractivity contribution >= 4 is 29.1 Å². The molecule has 4 rings (SSSR count). The molecule has 1 fully saturated rings. The molecule has 0 aliphatic carbocycles. The number of furan rings is 1. The van der Waals surface area contributed by atoms with E-state index in [0.29, 0.717) is 41.2 Å². The predicted molar refractivity (Wildman–Crippen MR) is 110 cm³/mol. The predicted octanol–water partition coefficient (Wildman–Crippen LogP) is 3.36. The monoisotopic (exact) mass is 450 g/mol. The first-order valence-corrected chi connectivity index (χ1v) is 10.3. The van der Waals surface area contributed by atoms with Gasteiger partial charge in [0, 0.05) is 36.1 Å². The minimum Gasteiger partial charge on any atom is -0.468 e. The van der Waals surface area contributed by atoms with Gasteiger partial charge < -0.3 is 19.0 Å². The number of hydrogen-bond acceptors (Lipinski definition) is 7. The van der Waals surface area contributed by atoms with E-state index in [1.165, 1.54) is 0 Å². The third-order valence-corrected chi connectivity index (χ3v) is 5.58. The van der Waals surface area contributed by atoms with Crippen molar-refractivity contribution in [3.63, 3.8) is 0 Å². The summed E-state index contributed by atoms with van der Waals surface area (Å²) in [4.78, 5) is 19.0. The van der Waals surface area contributed by atoms with Gasteiger partial charge in [-0.3, -0.25) is 9.69 Å². The van der Waals surface area contributed by atoms with Crippen molar-refractivity contribution in [1.29, 1.82) is 0 Å². The molecule has 2 aromatic heterocycles. The number of aromatic nitrogens is 2. The van der Waals surface area contributed by atoms with Crippen LogP contribution in [0.4, 0.5) is 0 Å². The number of ether oxygens (including phenoxy) is 1. The zero-order chi connectivity index (χ0) is 20.9. The van der Waals surface area contributed by atoms with Crippen molar-refractivity contribution < 1.29 is 18.5 Å². The van der Waals surface area contributed by atoms with Crippen LogP contribution >= 0.6 is 23.2 Å². The molecule has 0 bridgehead atoms. The Hall–Kier alpha value is -2.39. The van der Waals surface area contributed by atoms with E-state index in [0.717, 1.165) is 18.8 Å². The van der Waals surface area contributed by atoms with Crippen molar-refractivity contribution in [2.24, 2.45) is 0 Å². The van der Waals surface area contributed by atoms with Gasteiger partial charge in [-0.05, 0) is 29.8 Å². The largest absolute Gasteiger partial charge is 0.468 e. The quantitative estimate of drug-likeness (QED) is 0.589. The van der Waals surface area contributed by atoms with Gasteiger partial charge in [-0.2, -0.15) is 4.98 Å². The Balaban J connectivity index is 1.41. The van der Waals surface area contributed by atoms with Gasteiger partial charge in [-0.1, -0.05) is 34.4 Å². The molecule has 1 saturated heterocycles. The second kappa shape index (κ2) is 9.61. The van der Waals surface area contributed by atoms with Crippen LogP contribution in [-0.4, -0.2) is 53.8 Å². The summed E-state index contributed by atoms with van der Waals surface area (Å²) in [5, 5.41) is 7.74. The van der Waals surface area contributed by atoms with Crippen LogP contribution in [0.3, 0.4) is 0 Å². The second-order valence-corrected chi connectivity index (χ2v) is 7.60. The molecule has 1 aliphatic heterocycles. The Morgan fingerprint density at radius 1 is 1.17 bits per heavy atom. The van der Waals surface area contributed by atoms with E-state index < -0.39 is 5.91 Å². The van der Waals surface area contributed by atoms with E-state index in [2.05, 4.69) is 20.4 Å². The van der Waals surface area contributed by atoms with Crippen molar-refractivity contribution in [2.45, 2.75) is 12.5 Å². The van der Waals surface area contributed by atoms with Crippen LogP contribution in [-0.2, 0) is 11.2 Å². The van der Waals surface area contributed by atoms with Crippen LogP contribution in [0, 0.1) is 0 Å². The van der Waals surface area contributed by atoms with Crippen molar-refractivity contribution in [3.8, 4) is 0 Å². The molecule has 0 unspecified atom stereocenters. The number of carbonyl (C=O) groups excluding carboxylic acids is 1. The number of rotatable bonds is 7. The average molecular weight is 451 g/mol. The number of morpholine rings is 1. The Kier molecular flexibility index (Phi) is 6.69. The molecule has 0 radical (unpaired) electrons.